The van der Waals surface area contributed by atoms with Crippen LogP contribution in [0.5, 0.6) is 5.75 Å². The van der Waals surface area contributed by atoms with E-state index in [0.29, 0.717) is 0 Å². The highest BCUT2D eigenvalue weighted by Gasteiger charge is 2.16. The number of aryl methyl sites for hydroxylation is 2. The van der Waals surface area contributed by atoms with Crippen molar-refractivity contribution in [1.29, 1.82) is 0 Å². The van der Waals surface area contributed by atoms with E-state index in [1.54, 1.807) is 18.9 Å². The number of ether oxygens (including phenoxy) is 1. The number of nitrogens with zero attached hydrogens (tertiary/aromatic N) is 2. The highest BCUT2D eigenvalue weighted by molar-refractivity contribution is 7.99. The monoisotopic (exact) mass is 291 g/mol. The third kappa shape index (κ3) is 3.35. The lowest BCUT2D eigenvalue weighted by molar-refractivity contribution is 0.413. The number of aromatic nitrogens is 2. The van der Waals surface area contributed by atoms with Gasteiger partial charge in [-0.3, -0.25) is 4.68 Å². The molecule has 1 aromatic carbocycles. The van der Waals surface area contributed by atoms with Crippen molar-refractivity contribution < 1.29 is 4.74 Å². The molecule has 0 amide bonds. The number of methoxy groups -OCH3 is 1. The van der Waals surface area contributed by atoms with Crippen molar-refractivity contribution in [3.63, 3.8) is 0 Å². The molecule has 2 N–H and O–H groups in total. The van der Waals surface area contributed by atoms with Gasteiger partial charge in [0.25, 0.3) is 0 Å². The van der Waals surface area contributed by atoms with Gasteiger partial charge >= 0.3 is 0 Å². The second kappa shape index (κ2) is 6.33. The maximum atomic E-state index is 5.94. The average Bonchev–Trinajstić information content (AvgIpc) is 2.65. The Labute approximate surface area is 124 Å². The lowest BCUT2D eigenvalue weighted by Gasteiger charge is -2.09. The molecule has 0 saturated heterocycles. The molecule has 0 spiro atoms. The van der Waals surface area contributed by atoms with Gasteiger partial charge in [0.2, 0.25) is 0 Å². The standard InChI is InChI=1S/C15H21N3OS/c1-10(16)8-14-11(2)17-18(3)15(14)20-13-7-5-6-12(9-13)19-4/h5-7,9-10H,8,16H2,1-4H3. The fourth-order valence-corrected chi connectivity index (χ4v) is 3.21. The van der Waals surface area contributed by atoms with Crippen molar-refractivity contribution in [1.82, 2.24) is 9.78 Å². The Morgan fingerprint density at radius 2 is 2.20 bits per heavy atom. The lowest BCUT2D eigenvalue weighted by Crippen LogP contribution is -2.18. The third-order valence-corrected chi connectivity index (χ3v) is 4.26. The predicted molar refractivity (Wildman–Crippen MR) is 82.4 cm³/mol. The number of rotatable bonds is 5. The molecule has 1 atom stereocenters. The van der Waals surface area contributed by atoms with Crippen molar-refractivity contribution in [2.24, 2.45) is 12.8 Å². The van der Waals surface area contributed by atoms with E-state index in [-0.39, 0.29) is 6.04 Å². The molecule has 1 heterocycles. The first-order valence-electron chi connectivity index (χ1n) is 6.61. The summed E-state index contributed by atoms with van der Waals surface area (Å²) in [6.07, 6.45) is 0.839. The molecule has 5 heteroatoms. The SMILES string of the molecule is COc1cccc(Sc2c(CC(C)N)c(C)nn2C)c1. The zero-order valence-electron chi connectivity index (χ0n) is 12.4. The quantitative estimate of drug-likeness (QED) is 0.920. The average molecular weight is 291 g/mol. The molecule has 0 aliphatic heterocycles. The Bertz CT molecular complexity index is 593. The van der Waals surface area contributed by atoms with Crippen molar-refractivity contribution in [3.8, 4) is 5.75 Å². The summed E-state index contributed by atoms with van der Waals surface area (Å²) in [6, 6.07) is 8.17. The molecule has 108 valence electrons. The molecular weight excluding hydrogens is 270 g/mol. The van der Waals surface area contributed by atoms with E-state index in [2.05, 4.69) is 11.2 Å². The van der Waals surface area contributed by atoms with E-state index in [0.717, 1.165) is 27.8 Å². The zero-order valence-corrected chi connectivity index (χ0v) is 13.2. The van der Waals surface area contributed by atoms with E-state index in [4.69, 9.17) is 10.5 Å². The van der Waals surface area contributed by atoms with Crippen LogP contribution in [-0.2, 0) is 13.5 Å². The Morgan fingerprint density at radius 3 is 2.85 bits per heavy atom. The highest BCUT2D eigenvalue weighted by Crippen LogP contribution is 2.33. The summed E-state index contributed by atoms with van der Waals surface area (Å²) in [4.78, 5) is 1.14. The molecule has 4 nitrogen and oxygen atoms in total. The molecule has 1 aromatic heterocycles. The molecule has 0 fully saturated rings. The van der Waals surface area contributed by atoms with E-state index in [9.17, 15) is 0 Å². The van der Waals surface area contributed by atoms with Crippen LogP contribution in [0.3, 0.4) is 0 Å². The summed E-state index contributed by atoms with van der Waals surface area (Å²) in [5.41, 5.74) is 8.23. The predicted octanol–water partition coefficient (Wildman–Crippen LogP) is 2.78. The normalized spacial score (nSPS) is 12.4. The summed E-state index contributed by atoms with van der Waals surface area (Å²) in [5, 5.41) is 5.66. The van der Waals surface area contributed by atoms with Crippen LogP contribution in [0.2, 0.25) is 0 Å². The second-order valence-corrected chi connectivity index (χ2v) is 6.02. The smallest absolute Gasteiger partial charge is 0.119 e. The minimum Gasteiger partial charge on any atom is -0.497 e. The van der Waals surface area contributed by atoms with Gasteiger partial charge in [-0.2, -0.15) is 5.10 Å². The summed E-state index contributed by atoms with van der Waals surface area (Å²) in [7, 11) is 3.65. The first-order valence-corrected chi connectivity index (χ1v) is 7.43. The van der Waals surface area contributed by atoms with Crippen LogP contribution in [0.25, 0.3) is 0 Å². The number of hydrogen-bond acceptors (Lipinski definition) is 4. The molecule has 20 heavy (non-hydrogen) atoms. The molecule has 2 aromatic rings. The van der Waals surface area contributed by atoms with Gasteiger partial charge < -0.3 is 10.5 Å². The Hall–Kier alpha value is -1.46. The summed E-state index contributed by atoms with van der Waals surface area (Å²) < 4.78 is 7.19. The van der Waals surface area contributed by atoms with Crippen LogP contribution >= 0.6 is 11.8 Å². The molecule has 0 radical (unpaired) electrons. The van der Waals surface area contributed by atoms with Crippen molar-refractivity contribution in [2.45, 2.75) is 36.2 Å². The molecule has 0 saturated carbocycles. The first-order chi connectivity index (χ1) is 9.51. The van der Waals surface area contributed by atoms with Gasteiger partial charge in [0.05, 0.1) is 12.8 Å². The fourth-order valence-electron chi connectivity index (χ4n) is 2.14. The van der Waals surface area contributed by atoms with Crippen LogP contribution in [-0.4, -0.2) is 22.9 Å². The molecule has 2 rings (SSSR count). The largest absolute Gasteiger partial charge is 0.497 e. The maximum Gasteiger partial charge on any atom is 0.119 e. The second-order valence-electron chi connectivity index (χ2n) is 4.96. The van der Waals surface area contributed by atoms with Crippen LogP contribution in [0, 0.1) is 6.92 Å². The van der Waals surface area contributed by atoms with Crippen LogP contribution in [0.1, 0.15) is 18.2 Å². The van der Waals surface area contributed by atoms with Gasteiger partial charge in [-0.25, -0.2) is 0 Å². The summed E-state index contributed by atoms with van der Waals surface area (Å²) >= 11 is 1.70. The summed E-state index contributed by atoms with van der Waals surface area (Å²) in [5.74, 6) is 0.864. The number of hydrogen-bond donors (Lipinski definition) is 1. The highest BCUT2D eigenvalue weighted by atomic mass is 32.2. The van der Waals surface area contributed by atoms with Gasteiger partial charge in [-0.05, 0) is 38.5 Å². The minimum absolute atomic E-state index is 0.127. The zero-order chi connectivity index (χ0) is 14.7. The van der Waals surface area contributed by atoms with E-state index in [1.165, 1.54) is 5.56 Å². The van der Waals surface area contributed by atoms with E-state index >= 15 is 0 Å². The molecule has 0 aliphatic carbocycles. The Balaban J connectivity index is 2.32. The van der Waals surface area contributed by atoms with Crippen LogP contribution in [0.15, 0.2) is 34.2 Å². The number of benzene rings is 1. The molecule has 1 unspecified atom stereocenters. The van der Waals surface area contributed by atoms with Gasteiger partial charge in [-0.15, -0.1) is 0 Å². The van der Waals surface area contributed by atoms with Crippen LogP contribution in [0.4, 0.5) is 0 Å². The topological polar surface area (TPSA) is 53.1 Å². The van der Waals surface area contributed by atoms with Gasteiger partial charge in [0, 0.05) is 23.5 Å². The summed E-state index contributed by atoms with van der Waals surface area (Å²) in [6.45, 7) is 4.06. The van der Waals surface area contributed by atoms with Crippen molar-refractivity contribution in [3.05, 3.63) is 35.5 Å². The Morgan fingerprint density at radius 1 is 1.45 bits per heavy atom. The van der Waals surface area contributed by atoms with E-state index < -0.39 is 0 Å². The van der Waals surface area contributed by atoms with Gasteiger partial charge in [-0.1, -0.05) is 17.8 Å². The fraction of sp³-hybridized carbons (Fsp3) is 0.400. The van der Waals surface area contributed by atoms with Crippen molar-refractivity contribution in [2.75, 3.05) is 7.11 Å². The van der Waals surface area contributed by atoms with Gasteiger partial charge in [0.15, 0.2) is 0 Å². The third-order valence-electron chi connectivity index (χ3n) is 3.07. The lowest BCUT2D eigenvalue weighted by atomic mass is 10.1. The van der Waals surface area contributed by atoms with E-state index in [1.807, 2.05) is 43.8 Å². The molecular formula is C15H21N3OS. The maximum absolute atomic E-state index is 5.94. The number of nitrogens with two attached hydrogens (primary N) is 1. The Kier molecular flexibility index (Phi) is 4.73. The van der Waals surface area contributed by atoms with Crippen LogP contribution < -0.4 is 10.5 Å². The van der Waals surface area contributed by atoms with Gasteiger partial charge in [0.1, 0.15) is 10.8 Å². The first kappa shape index (κ1) is 14.9. The molecule has 0 bridgehead atoms. The minimum atomic E-state index is 0.127. The van der Waals surface area contributed by atoms with Crippen molar-refractivity contribution >= 4 is 11.8 Å². The molecule has 0 aliphatic rings.